The molecule has 0 spiro atoms. The molecule has 152 valence electrons. The van der Waals surface area contributed by atoms with Crippen LogP contribution in [0.2, 0.25) is 5.02 Å². The highest BCUT2D eigenvalue weighted by atomic mass is 35.5. The Kier molecular flexibility index (Phi) is 5.01. The summed E-state index contributed by atoms with van der Waals surface area (Å²) in [5.41, 5.74) is -1.08. The first-order valence-corrected chi connectivity index (χ1v) is 10.5. The molecule has 1 saturated heterocycles. The minimum atomic E-state index is -4.01. The fraction of sp³-hybridized carbons (Fsp3) is 0.222. The van der Waals surface area contributed by atoms with Crippen molar-refractivity contribution in [3.05, 3.63) is 58.4 Å². The minimum Gasteiger partial charge on any atom is -0.345 e. The molecule has 0 bridgehead atoms. The van der Waals surface area contributed by atoms with Crippen LogP contribution in [0.1, 0.15) is 28.8 Å². The molecular formula is C18H15ClF2N4O3S. The topological polar surface area (TPSA) is 95.2 Å². The van der Waals surface area contributed by atoms with Gasteiger partial charge in [0.15, 0.2) is 5.82 Å². The van der Waals surface area contributed by atoms with Gasteiger partial charge in [-0.05, 0) is 31.0 Å². The SMILES string of the molecule is O=C(c1c(F)ccc(NS(=O)(=O)N2CCCC2)c1F)c1c[nH]c2ncc(Cl)cc12. The van der Waals surface area contributed by atoms with E-state index in [1.54, 1.807) is 0 Å². The third-order valence-corrected chi connectivity index (χ3v) is 6.43. The van der Waals surface area contributed by atoms with Crippen molar-refractivity contribution in [2.75, 3.05) is 17.8 Å². The fourth-order valence-corrected chi connectivity index (χ4v) is 4.73. The first kappa shape index (κ1) is 19.7. The van der Waals surface area contributed by atoms with Crippen LogP contribution in [0.3, 0.4) is 0 Å². The molecule has 0 radical (unpaired) electrons. The van der Waals surface area contributed by atoms with Crippen molar-refractivity contribution in [3.8, 4) is 0 Å². The summed E-state index contributed by atoms with van der Waals surface area (Å²) in [6, 6.07) is 3.24. The van der Waals surface area contributed by atoms with E-state index in [2.05, 4.69) is 14.7 Å². The second-order valence-electron chi connectivity index (χ2n) is 6.58. The molecule has 0 atom stereocenters. The molecule has 1 fully saturated rings. The molecule has 3 aromatic rings. The van der Waals surface area contributed by atoms with Gasteiger partial charge in [-0.3, -0.25) is 9.52 Å². The Morgan fingerprint density at radius 1 is 1.24 bits per heavy atom. The number of pyridine rings is 1. The fourth-order valence-electron chi connectivity index (χ4n) is 3.27. The van der Waals surface area contributed by atoms with Crippen LogP contribution in [0.5, 0.6) is 0 Å². The smallest absolute Gasteiger partial charge is 0.301 e. The summed E-state index contributed by atoms with van der Waals surface area (Å²) in [4.78, 5) is 19.6. The summed E-state index contributed by atoms with van der Waals surface area (Å²) in [7, 11) is -4.01. The van der Waals surface area contributed by atoms with Crippen molar-refractivity contribution in [1.29, 1.82) is 0 Å². The minimum absolute atomic E-state index is 0.0349. The van der Waals surface area contributed by atoms with Gasteiger partial charge in [0.05, 0.1) is 16.3 Å². The average Bonchev–Trinajstić information content (AvgIpc) is 3.34. The third-order valence-electron chi connectivity index (χ3n) is 4.70. The molecule has 2 N–H and O–H groups in total. The van der Waals surface area contributed by atoms with Gasteiger partial charge in [0.25, 0.3) is 0 Å². The summed E-state index contributed by atoms with van der Waals surface area (Å²) in [5, 5.41) is 0.545. The number of anilines is 1. The number of hydrogen-bond acceptors (Lipinski definition) is 4. The molecule has 1 aliphatic heterocycles. The first-order chi connectivity index (χ1) is 13.8. The monoisotopic (exact) mass is 440 g/mol. The van der Waals surface area contributed by atoms with E-state index in [1.165, 1.54) is 22.8 Å². The molecule has 3 heterocycles. The quantitative estimate of drug-likeness (QED) is 0.594. The van der Waals surface area contributed by atoms with E-state index in [9.17, 15) is 17.6 Å². The molecular weight excluding hydrogens is 426 g/mol. The van der Waals surface area contributed by atoms with Gasteiger partial charge in [-0.15, -0.1) is 0 Å². The Bertz CT molecular complexity index is 1220. The molecule has 0 unspecified atom stereocenters. The predicted octanol–water partition coefficient (Wildman–Crippen LogP) is 3.48. The maximum absolute atomic E-state index is 15.0. The van der Waals surface area contributed by atoms with Crippen LogP contribution in [-0.4, -0.2) is 41.6 Å². The lowest BCUT2D eigenvalue weighted by atomic mass is 10.0. The van der Waals surface area contributed by atoms with Crippen molar-refractivity contribution in [1.82, 2.24) is 14.3 Å². The van der Waals surface area contributed by atoms with Gasteiger partial charge in [-0.2, -0.15) is 12.7 Å². The van der Waals surface area contributed by atoms with Crippen LogP contribution in [-0.2, 0) is 10.2 Å². The number of benzene rings is 1. The van der Waals surface area contributed by atoms with Crippen molar-refractivity contribution in [2.45, 2.75) is 12.8 Å². The van der Waals surface area contributed by atoms with Gasteiger partial charge in [0, 0.05) is 36.4 Å². The number of H-pyrrole nitrogens is 1. The summed E-state index contributed by atoms with van der Waals surface area (Å²) < 4.78 is 57.5. The van der Waals surface area contributed by atoms with Crippen molar-refractivity contribution >= 4 is 44.3 Å². The Morgan fingerprint density at radius 2 is 1.97 bits per heavy atom. The molecule has 2 aromatic heterocycles. The number of nitrogens with zero attached hydrogens (tertiary/aromatic N) is 2. The van der Waals surface area contributed by atoms with Gasteiger partial charge < -0.3 is 4.98 Å². The zero-order valence-corrected chi connectivity index (χ0v) is 16.4. The number of carbonyl (C=O) groups excluding carboxylic acids is 1. The summed E-state index contributed by atoms with van der Waals surface area (Å²) >= 11 is 5.90. The molecule has 1 aliphatic rings. The van der Waals surface area contributed by atoms with Gasteiger partial charge in [0.2, 0.25) is 5.78 Å². The molecule has 11 heteroatoms. The Labute approximate surface area is 169 Å². The third kappa shape index (κ3) is 3.59. The number of rotatable bonds is 5. The Balaban J connectivity index is 1.75. The van der Waals surface area contributed by atoms with Gasteiger partial charge >= 0.3 is 10.2 Å². The molecule has 7 nitrogen and oxygen atoms in total. The molecule has 1 aromatic carbocycles. The summed E-state index contributed by atoms with van der Waals surface area (Å²) in [5.74, 6) is -3.36. The number of hydrogen-bond donors (Lipinski definition) is 2. The zero-order valence-electron chi connectivity index (χ0n) is 14.9. The highest BCUT2D eigenvalue weighted by molar-refractivity contribution is 7.90. The maximum Gasteiger partial charge on any atom is 0.301 e. The standard InChI is InChI=1S/C18H15ClF2N4O3S/c19-10-7-11-12(9-23-18(11)22-8-10)17(26)15-13(20)3-4-14(16(15)21)24-29(27,28)25-5-1-2-6-25/h3-4,7-9,24H,1-2,5-6H2,(H,22,23). The number of ketones is 1. The van der Waals surface area contributed by atoms with Crippen molar-refractivity contribution in [3.63, 3.8) is 0 Å². The largest absolute Gasteiger partial charge is 0.345 e. The maximum atomic E-state index is 15.0. The molecule has 4 rings (SSSR count). The second-order valence-corrected chi connectivity index (χ2v) is 8.69. The predicted molar refractivity (Wildman–Crippen MR) is 104 cm³/mol. The van der Waals surface area contributed by atoms with E-state index in [-0.39, 0.29) is 10.6 Å². The van der Waals surface area contributed by atoms with Gasteiger partial charge in [-0.1, -0.05) is 11.6 Å². The number of halogens is 3. The normalized spacial score (nSPS) is 15.1. The van der Waals surface area contributed by atoms with E-state index in [0.717, 1.165) is 12.1 Å². The van der Waals surface area contributed by atoms with Gasteiger partial charge in [-0.25, -0.2) is 13.8 Å². The van der Waals surface area contributed by atoms with Crippen molar-refractivity contribution in [2.24, 2.45) is 0 Å². The van der Waals surface area contributed by atoms with E-state index in [4.69, 9.17) is 11.6 Å². The molecule has 0 aliphatic carbocycles. The lowest BCUT2D eigenvalue weighted by molar-refractivity contribution is 0.103. The second kappa shape index (κ2) is 7.36. The number of aromatic nitrogens is 2. The lowest BCUT2D eigenvalue weighted by Gasteiger charge is -2.18. The van der Waals surface area contributed by atoms with E-state index in [1.807, 2.05) is 0 Å². The van der Waals surface area contributed by atoms with Crippen LogP contribution >= 0.6 is 11.6 Å². The Morgan fingerprint density at radius 3 is 2.69 bits per heavy atom. The highest BCUT2D eigenvalue weighted by Crippen LogP contribution is 2.28. The number of fused-ring (bicyclic) bond motifs is 1. The summed E-state index contributed by atoms with van der Waals surface area (Å²) in [6.07, 6.45) is 4.04. The van der Waals surface area contributed by atoms with E-state index < -0.39 is 38.9 Å². The van der Waals surface area contributed by atoms with Crippen LogP contribution in [0.15, 0.2) is 30.6 Å². The summed E-state index contributed by atoms with van der Waals surface area (Å²) in [6.45, 7) is 0.625. The zero-order chi connectivity index (χ0) is 20.8. The number of carbonyl (C=O) groups is 1. The molecule has 0 amide bonds. The van der Waals surface area contributed by atoms with Crippen LogP contribution in [0, 0.1) is 11.6 Å². The first-order valence-electron chi connectivity index (χ1n) is 8.71. The van der Waals surface area contributed by atoms with Crippen LogP contribution in [0.4, 0.5) is 14.5 Å². The average molecular weight is 441 g/mol. The van der Waals surface area contributed by atoms with E-state index >= 15 is 4.39 Å². The Hall–Kier alpha value is -2.56. The van der Waals surface area contributed by atoms with Gasteiger partial charge in [0.1, 0.15) is 11.5 Å². The van der Waals surface area contributed by atoms with Crippen LogP contribution < -0.4 is 4.72 Å². The lowest BCUT2D eigenvalue weighted by Crippen LogP contribution is -2.33. The number of aromatic amines is 1. The van der Waals surface area contributed by atoms with E-state index in [0.29, 0.717) is 37.0 Å². The van der Waals surface area contributed by atoms with Crippen LogP contribution in [0.25, 0.3) is 11.0 Å². The molecule has 0 saturated carbocycles. The van der Waals surface area contributed by atoms with Crippen molar-refractivity contribution < 1.29 is 22.0 Å². The number of nitrogens with one attached hydrogen (secondary N) is 2. The highest BCUT2D eigenvalue weighted by Gasteiger charge is 2.29. The molecule has 29 heavy (non-hydrogen) atoms.